The Bertz CT molecular complexity index is 645. The second kappa shape index (κ2) is 4.92. The van der Waals surface area contributed by atoms with Crippen LogP contribution in [0.5, 0.6) is 0 Å². The molecule has 1 aliphatic rings. The first-order valence-corrected chi connectivity index (χ1v) is 6.58. The summed E-state index contributed by atoms with van der Waals surface area (Å²) in [7, 11) is 0. The quantitative estimate of drug-likeness (QED) is 0.687. The molecule has 0 atom stereocenters. The first-order valence-electron chi connectivity index (χ1n) is 6.58. The predicted octanol–water partition coefficient (Wildman–Crippen LogP) is 2.88. The summed E-state index contributed by atoms with van der Waals surface area (Å²) in [5, 5.41) is 14.1. The lowest BCUT2D eigenvalue weighted by molar-refractivity contribution is -0.385. The van der Waals surface area contributed by atoms with Gasteiger partial charge >= 0.3 is 0 Å². The minimum Gasteiger partial charge on any atom is -0.367 e. The maximum atomic E-state index is 10.8. The molecule has 0 unspecified atom stereocenters. The van der Waals surface area contributed by atoms with Crippen molar-refractivity contribution in [3.63, 3.8) is 0 Å². The number of fused-ring (bicyclic) bond motifs is 1. The van der Waals surface area contributed by atoms with Crippen molar-refractivity contribution in [1.82, 2.24) is 4.98 Å². The summed E-state index contributed by atoms with van der Waals surface area (Å²) in [6.45, 7) is 1.73. The van der Waals surface area contributed by atoms with E-state index >= 15 is 0 Å². The van der Waals surface area contributed by atoms with E-state index in [2.05, 4.69) is 34.6 Å². The fraction of sp³-hybridized carbons (Fsp3) is 0.267. The Balaban J connectivity index is 1.74. The molecule has 0 fully saturated rings. The summed E-state index contributed by atoms with van der Waals surface area (Å²) < 4.78 is 0. The van der Waals surface area contributed by atoms with E-state index in [0.29, 0.717) is 17.4 Å². The molecule has 3 rings (SSSR count). The van der Waals surface area contributed by atoms with Crippen LogP contribution < -0.4 is 5.32 Å². The maximum absolute atomic E-state index is 10.8. The number of nitro groups is 1. The van der Waals surface area contributed by atoms with Crippen molar-refractivity contribution in [2.24, 2.45) is 0 Å². The number of aromatic nitrogens is 1. The number of nitrogens with one attached hydrogen (secondary N) is 1. The summed E-state index contributed by atoms with van der Waals surface area (Å²) in [6.07, 6.45) is 3.25. The standard InChI is InChI=1S/C15H15N3O2/c1-10-6-15(16-9-14(10)18(19)20)17-13-7-11-4-2-3-5-12(11)8-13/h2-6,9,13H,7-8H2,1H3,(H,16,17). The molecule has 20 heavy (non-hydrogen) atoms. The van der Waals surface area contributed by atoms with Gasteiger partial charge in [0.1, 0.15) is 12.0 Å². The highest BCUT2D eigenvalue weighted by Crippen LogP contribution is 2.25. The number of pyridine rings is 1. The summed E-state index contributed by atoms with van der Waals surface area (Å²) >= 11 is 0. The smallest absolute Gasteiger partial charge is 0.290 e. The molecule has 2 aromatic rings. The van der Waals surface area contributed by atoms with Crippen LogP contribution in [0, 0.1) is 17.0 Å². The zero-order chi connectivity index (χ0) is 14.1. The average Bonchev–Trinajstić information content (AvgIpc) is 2.80. The van der Waals surface area contributed by atoms with Gasteiger partial charge in [-0.25, -0.2) is 4.98 Å². The van der Waals surface area contributed by atoms with Crippen molar-refractivity contribution in [3.05, 3.63) is 63.3 Å². The van der Waals surface area contributed by atoms with Gasteiger partial charge in [0.15, 0.2) is 0 Å². The Labute approximate surface area is 116 Å². The Morgan fingerprint density at radius 2 is 1.95 bits per heavy atom. The Morgan fingerprint density at radius 3 is 2.50 bits per heavy atom. The first kappa shape index (κ1) is 12.6. The van der Waals surface area contributed by atoms with Crippen LogP contribution in [-0.4, -0.2) is 15.9 Å². The lowest BCUT2D eigenvalue weighted by Crippen LogP contribution is -2.20. The van der Waals surface area contributed by atoms with Crippen LogP contribution in [-0.2, 0) is 12.8 Å². The molecule has 0 bridgehead atoms. The summed E-state index contributed by atoms with van der Waals surface area (Å²) in [5.74, 6) is 0.700. The van der Waals surface area contributed by atoms with Gasteiger partial charge in [-0.15, -0.1) is 0 Å². The molecule has 102 valence electrons. The summed E-state index contributed by atoms with van der Waals surface area (Å²) in [5.41, 5.74) is 3.42. The monoisotopic (exact) mass is 269 g/mol. The predicted molar refractivity (Wildman–Crippen MR) is 76.9 cm³/mol. The zero-order valence-electron chi connectivity index (χ0n) is 11.2. The van der Waals surface area contributed by atoms with Gasteiger partial charge in [0.05, 0.1) is 4.92 Å². The number of aryl methyl sites for hydroxylation is 1. The lowest BCUT2D eigenvalue weighted by Gasteiger charge is -2.13. The molecule has 1 aliphatic carbocycles. The molecule has 0 aliphatic heterocycles. The molecule has 1 N–H and O–H groups in total. The minimum atomic E-state index is -0.405. The third-order valence-electron chi connectivity index (χ3n) is 3.68. The second-order valence-electron chi connectivity index (χ2n) is 5.13. The number of rotatable bonds is 3. The van der Waals surface area contributed by atoms with Gasteiger partial charge in [0, 0.05) is 11.6 Å². The van der Waals surface area contributed by atoms with Crippen molar-refractivity contribution < 1.29 is 4.92 Å². The highest BCUT2D eigenvalue weighted by atomic mass is 16.6. The number of anilines is 1. The van der Waals surface area contributed by atoms with Crippen molar-refractivity contribution in [3.8, 4) is 0 Å². The van der Waals surface area contributed by atoms with E-state index in [0.717, 1.165) is 12.8 Å². The molecule has 1 aromatic heterocycles. The minimum absolute atomic E-state index is 0.0604. The Hall–Kier alpha value is -2.43. The van der Waals surface area contributed by atoms with E-state index in [1.807, 2.05) is 0 Å². The third-order valence-corrected chi connectivity index (χ3v) is 3.68. The number of hydrogen-bond donors (Lipinski definition) is 1. The zero-order valence-corrected chi connectivity index (χ0v) is 11.2. The van der Waals surface area contributed by atoms with Crippen molar-refractivity contribution in [2.45, 2.75) is 25.8 Å². The Morgan fingerprint density at radius 1 is 1.30 bits per heavy atom. The molecular formula is C15H15N3O2. The van der Waals surface area contributed by atoms with Gasteiger partial charge < -0.3 is 5.32 Å². The van der Waals surface area contributed by atoms with Crippen LogP contribution in [0.2, 0.25) is 0 Å². The van der Waals surface area contributed by atoms with Gasteiger partial charge in [-0.05, 0) is 37.0 Å². The molecule has 0 spiro atoms. The molecular weight excluding hydrogens is 254 g/mol. The first-order chi connectivity index (χ1) is 9.63. The SMILES string of the molecule is Cc1cc(NC2Cc3ccccc3C2)ncc1[N+](=O)[O-]. The topological polar surface area (TPSA) is 68.1 Å². The van der Waals surface area contributed by atoms with Gasteiger partial charge in [0.25, 0.3) is 5.69 Å². The van der Waals surface area contributed by atoms with Crippen molar-refractivity contribution in [1.29, 1.82) is 0 Å². The molecule has 0 saturated heterocycles. The van der Waals surface area contributed by atoms with Crippen LogP contribution in [0.3, 0.4) is 0 Å². The van der Waals surface area contributed by atoms with Crippen molar-refractivity contribution >= 4 is 11.5 Å². The largest absolute Gasteiger partial charge is 0.367 e. The van der Waals surface area contributed by atoms with Gasteiger partial charge in [0.2, 0.25) is 0 Å². The second-order valence-corrected chi connectivity index (χ2v) is 5.13. The molecule has 5 nitrogen and oxygen atoms in total. The number of benzene rings is 1. The highest BCUT2D eigenvalue weighted by Gasteiger charge is 2.21. The molecule has 1 aromatic carbocycles. The van der Waals surface area contributed by atoms with E-state index in [4.69, 9.17) is 0 Å². The summed E-state index contributed by atoms with van der Waals surface area (Å²) in [6, 6.07) is 10.4. The molecule has 0 saturated carbocycles. The number of hydrogen-bond acceptors (Lipinski definition) is 4. The fourth-order valence-electron chi connectivity index (χ4n) is 2.69. The van der Waals surface area contributed by atoms with Gasteiger partial charge in [-0.3, -0.25) is 10.1 Å². The van der Waals surface area contributed by atoms with Crippen LogP contribution in [0.25, 0.3) is 0 Å². The maximum Gasteiger partial charge on any atom is 0.290 e. The third kappa shape index (κ3) is 2.34. The van der Waals surface area contributed by atoms with Gasteiger partial charge in [-0.1, -0.05) is 24.3 Å². The van der Waals surface area contributed by atoms with Gasteiger partial charge in [-0.2, -0.15) is 0 Å². The lowest BCUT2D eigenvalue weighted by atomic mass is 10.1. The van der Waals surface area contributed by atoms with Crippen LogP contribution in [0.15, 0.2) is 36.5 Å². The van der Waals surface area contributed by atoms with E-state index in [9.17, 15) is 10.1 Å². The Kier molecular flexibility index (Phi) is 3.10. The summed E-state index contributed by atoms with van der Waals surface area (Å²) in [4.78, 5) is 14.5. The van der Waals surface area contributed by atoms with E-state index in [1.54, 1.807) is 13.0 Å². The van der Waals surface area contributed by atoms with E-state index in [1.165, 1.54) is 17.3 Å². The van der Waals surface area contributed by atoms with Crippen LogP contribution in [0.1, 0.15) is 16.7 Å². The van der Waals surface area contributed by atoms with E-state index < -0.39 is 4.92 Å². The highest BCUT2D eigenvalue weighted by molar-refractivity contribution is 5.48. The molecule has 5 heteroatoms. The van der Waals surface area contributed by atoms with E-state index in [-0.39, 0.29) is 5.69 Å². The normalized spacial score (nSPS) is 14.1. The molecule has 1 heterocycles. The van der Waals surface area contributed by atoms with Crippen LogP contribution in [0.4, 0.5) is 11.5 Å². The van der Waals surface area contributed by atoms with Crippen LogP contribution >= 0.6 is 0 Å². The molecule has 0 amide bonds. The molecule has 0 radical (unpaired) electrons. The average molecular weight is 269 g/mol. The fourth-order valence-corrected chi connectivity index (χ4v) is 2.69. The van der Waals surface area contributed by atoms with Crippen molar-refractivity contribution in [2.75, 3.05) is 5.32 Å². The number of nitrogens with zero attached hydrogens (tertiary/aromatic N) is 2.